The second-order valence-corrected chi connectivity index (χ2v) is 4.75. The van der Waals surface area contributed by atoms with E-state index in [0.29, 0.717) is 15.6 Å². The summed E-state index contributed by atoms with van der Waals surface area (Å²) < 4.78 is 0. The molecular weight excluding hydrogens is 271 g/mol. The third-order valence-corrected chi connectivity index (χ3v) is 3.41. The van der Waals surface area contributed by atoms with Crippen molar-refractivity contribution in [3.05, 3.63) is 57.6 Å². The fourth-order valence-electron chi connectivity index (χ4n) is 1.83. The zero-order chi connectivity index (χ0) is 13.3. The molecule has 0 aliphatic carbocycles. The smallest absolute Gasteiger partial charge is 0.336 e. The number of halogens is 2. The molecule has 0 heterocycles. The first-order chi connectivity index (χ1) is 8.50. The molecular formula is C14H10Cl2O2. The van der Waals surface area contributed by atoms with Crippen molar-refractivity contribution < 1.29 is 9.90 Å². The largest absolute Gasteiger partial charge is 0.478 e. The summed E-state index contributed by atoms with van der Waals surface area (Å²) in [6, 6.07) is 10.1. The summed E-state index contributed by atoms with van der Waals surface area (Å²) >= 11 is 12.0. The van der Waals surface area contributed by atoms with Crippen LogP contribution in [0.15, 0.2) is 36.4 Å². The molecule has 18 heavy (non-hydrogen) atoms. The molecule has 0 radical (unpaired) electrons. The zero-order valence-electron chi connectivity index (χ0n) is 9.58. The molecule has 2 aromatic rings. The normalized spacial score (nSPS) is 10.4. The Labute approximate surface area is 115 Å². The first-order valence-electron chi connectivity index (χ1n) is 5.29. The Morgan fingerprint density at radius 3 is 2.50 bits per heavy atom. The van der Waals surface area contributed by atoms with E-state index < -0.39 is 5.97 Å². The van der Waals surface area contributed by atoms with Crippen molar-refractivity contribution in [2.75, 3.05) is 0 Å². The minimum Gasteiger partial charge on any atom is -0.478 e. The van der Waals surface area contributed by atoms with Crippen LogP contribution >= 0.6 is 23.2 Å². The van der Waals surface area contributed by atoms with Crippen LogP contribution in [-0.2, 0) is 0 Å². The molecule has 0 spiro atoms. The minimum atomic E-state index is -0.985. The van der Waals surface area contributed by atoms with E-state index in [-0.39, 0.29) is 5.56 Å². The van der Waals surface area contributed by atoms with Crippen molar-refractivity contribution in [1.82, 2.24) is 0 Å². The van der Waals surface area contributed by atoms with Gasteiger partial charge in [0.2, 0.25) is 0 Å². The highest BCUT2D eigenvalue weighted by Gasteiger charge is 2.14. The van der Waals surface area contributed by atoms with E-state index >= 15 is 0 Å². The Morgan fingerprint density at radius 1 is 1.11 bits per heavy atom. The Hall–Kier alpha value is -1.51. The van der Waals surface area contributed by atoms with E-state index in [1.54, 1.807) is 24.3 Å². The lowest BCUT2D eigenvalue weighted by molar-refractivity contribution is 0.0698. The molecule has 0 saturated carbocycles. The number of hydrogen-bond donors (Lipinski definition) is 1. The summed E-state index contributed by atoms with van der Waals surface area (Å²) in [7, 11) is 0. The van der Waals surface area contributed by atoms with Crippen molar-refractivity contribution in [1.29, 1.82) is 0 Å². The molecule has 0 aliphatic heterocycles. The van der Waals surface area contributed by atoms with Crippen molar-refractivity contribution in [3.8, 4) is 11.1 Å². The van der Waals surface area contributed by atoms with Crippen LogP contribution in [-0.4, -0.2) is 11.1 Å². The summed E-state index contributed by atoms with van der Waals surface area (Å²) in [5.74, 6) is -0.985. The van der Waals surface area contributed by atoms with Gasteiger partial charge in [0.05, 0.1) is 5.56 Å². The van der Waals surface area contributed by atoms with Gasteiger partial charge >= 0.3 is 5.97 Å². The van der Waals surface area contributed by atoms with E-state index in [0.717, 1.165) is 11.1 Å². The fourth-order valence-corrected chi connectivity index (χ4v) is 2.17. The maximum Gasteiger partial charge on any atom is 0.336 e. The molecule has 0 atom stereocenters. The van der Waals surface area contributed by atoms with Gasteiger partial charge in [-0.15, -0.1) is 0 Å². The Morgan fingerprint density at radius 2 is 1.83 bits per heavy atom. The van der Waals surface area contributed by atoms with Crippen LogP contribution in [0.4, 0.5) is 0 Å². The van der Waals surface area contributed by atoms with Crippen LogP contribution in [0.1, 0.15) is 15.9 Å². The number of rotatable bonds is 2. The van der Waals surface area contributed by atoms with Crippen LogP contribution < -0.4 is 0 Å². The monoisotopic (exact) mass is 280 g/mol. The highest BCUT2D eigenvalue weighted by Crippen LogP contribution is 2.32. The standard InChI is InChI=1S/C14H10Cl2O2/c1-8-10(3-2-4-13(8)16)12-7-9(15)5-6-11(12)14(17)18/h2-7H,1H3,(H,17,18). The van der Waals surface area contributed by atoms with E-state index in [1.807, 2.05) is 13.0 Å². The molecule has 0 bridgehead atoms. The van der Waals surface area contributed by atoms with Gasteiger partial charge in [0.1, 0.15) is 0 Å². The van der Waals surface area contributed by atoms with Crippen LogP contribution in [0.5, 0.6) is 0 Å². The van der Waals surface area contributed by atoms with E-state index in [9.17, 15) is 9.90 Å². The molecule has 0 fully saturated rings. The van der Waals surface area contributed by atoms with Crippen LogP contribution in [0, 0.1) is 6.92 Å². The van der Waals surface area contributed by atoms with Crippen molar-refractivity contribution in [2.24, 2.45) is 0 Å². The number of carboxylic acids is 1. The quantitative estimate of drug-likeness (QED) is 0.868. The van der Waals surface area contributed by atoms with Crippen LogP contribution in [0.25, 0.3) is 11.1 Å². The van der Waals surface area contributed by atoms with Crippen LogP contribution in [0.2, 0.25) is 10.0 Å². The van der Waals surface area contributed by atoms with Crippen molar-refractivity contribution in [2.45, 2.75) is 6.92 Å². The number of aromatic carboxylic acids is 1. The second-order valence-electron chi connectivity index (χ2n) is 3.91. The highest BCUT2D eigenvalue weighted by atomic mass is 35.5. The van der Waals surface area contributed by atoms with Gasteiger partial charge in [-0.3, -0.25) is 0 Å². The second kappa shape index (κ2) is 5.01. The lowest BCUT2D eigenvalue weighted by Crippen LogP contribution is -2.00. The van der Waals surface area contributed by atoms with Gasteiger partial charge in [-0.1, -0.05) is 35.3 Å². The van der Waals surface area contributed by atoms with E-state index in [1.165, 1.54) is 6.07 Å². The molecule has 0 aromatic heterocycles. The zero-order valence-corrected chi connectivity index (χ0v) is 11.1. The average molecular weight is 281 g/mol. The summed E-state index contributed by atoms with van der Waals surface area (Å²) in [5.41, 5.74) is 2.41. The maximum absolute atomic E-state index is 11.2. The summed E-state index contributed by atoms with van der Waals surface area (Å²) in [6.07, 6.45) is 0. The van der Waals surface area contributed by atoms with Gasteiger partial charge in [-0.05, 0) is 47.9 Å². The molecule has 4 heteroatoms. The Bertz CT molecular complexity index is 621. The summed E-state index contributed by atoms with van der Waals surface area (Å²) in [4.78, 5) is 11.2. The average Bonchev–Trinajstić information content (AvgIpc) is 2.32. The molecule has 0 amide bonds. The van der Waals surface area contributed by atoms with Gasteiger partial charge in [-0.2, -0.15) is 0 Å². The molecule has 92 valence electrons. The molecule has 2 aromatic carbocycles. The van der Waals surface area contributed by atoms with Gasteiger partial charge in [-0.25, -0.2) is 4.79 Å². The van der Waals surface area contributed by atoms with Gasteiger partial charge in [0.15, 0.2) is 0 Å². The summed E-state index contributed by atoms with van der Waals surface area (Å²) in [5, 5.41) is 10.3. The van der Waals surface area contributed by atoms with Gasteiger partial charge < -0.3 is 5.11 Å². The topological polar surface area (TPSA) is 37.3 Å². The molecule has 0 unspecified atom stereocenters. The van der Waals surface area contributed by atoms with Gasteiger partial charge in [0.25, 0.3) is 0 Å². The molecule has 1 N–H and O–H groups in total. The first kappa shape index (κ1) is 12.9. The summed E-state index contributed by atoms with van der Waals surface area (Å²) in [6.45, 7) is 1.85. The maximum atomic E-state index is 11.2. The molecule has 2 nitrogen and oxygen atoms in total. The van der Waals surface area contributed by atoms with Gasteiger partial charge in [0, 0.05) is 10.0 Å². The lowest BCUT2D eigenvalue weighted by Gasteiger charge is -2.11. The van der Waals surface area contributed by atoms with E-state index in [2.05, 4.69) is 0 Å². The Kier molecular flexibility index (Phi) is 3.60. The number of benzene rings is 2. The minimum absolute atomic E-state index is 0.213. The van der Waals surface area contributed by atoms with E-state index in [4.69, 9.17) is 23.2 Å². The first-order valence-corrected chi connectivity index (χ1v) is 6.04. The van der Waals surface area contributed by atoms with Crippen molar-refractivity contribution >= 4 is 29.2 Å². The molecule has 0 aliphatic rings. The number of carbonyl (C=O) groups is 1. The third kappa shape index (κ3) is 2.35. The Balaban J connectivity index is 2.73. The number of hydrogen-bond acceptors (Lipinski definition) is 1. The van der Waals surface area contributed by atoms with Crippen LogP contribution in [0.3, 0.4) is 0 Å². The SMILES string of the molecule is Cc1c(Cl)cccc1-c1cc(Cl)ccc1C(=O)O. The third-order valence-electron chi connectivity index (χ3n) is 2.77. The highest BCUT2D eigenvalue weighted by molar-refractivity contribution is 6.32. The predicted molar refractivity (Wildman–Crippen MR) is 73.6 cm³/mol. The fraction of sp³-hybridized carbons (Fsp3) is 0.0714. The molecule has 2 rings (SSSR count). The van der Waals surface area contributed by atoms with Crippen molar-refractivity contribution in [3.63, 3.8) is 0 Å². The predicted octanol–water partition coefficient (Wildman–Crippen LogP) is 4.67. The number of carboxylic acid groups (broad SMARTS) is 1. The molecule has 0 saturated heterocycles. The lowest BCUT2D eigenvalue weighted by atomic mass is 9.96.